The molecule has 0 atom stereocenters. The number of nitrogens with one attached hydrogen (secondary N) is 1. The number of ketones is 1. The number of aliphatic imine (C=N–C) groups is 1. The Hall–Kier alpha value is -2.83. The van der Waals surface area contributed by atoms with Crippen LogP contribution in [0.25, 0.3) is 0 Å². The first-order chi connectivity index (χ1) is 11.7. The van der Waals surface area contributed by atoms with Crippen LogP contribution in [0.15, 0.2) is 23.2 Å². The molecule has 0 unspecified atom stereocenters. The summed E-state index contributed by atoms with van der Waals surface area (Å²) < 4.78 is 76.5. The minimum Gasteiger partial charge on any atom is -0.476 e. The van der Waals surface area contributed by atoms with Crippen LogP contribution in [0.5, 0.6) is 0 Å². The van der Waals surface area contributed by atoms with E-state index in [0.717, 1.165) is 6.92 Å². The molecule has 0 heterocycles. The largest absolute Gasteiger partial charge is 0.476 e. The van der Waals surface area contributed by atoms with Gasteiger partial charge in [0.05, 0.1) is 11.3 Å². The summed E-state index contributed by atoms with van der Waals surface area (Å²) in [6.45, 7) is 0.765. The number of rotatable bonds is 6. The highest BCUT2D eigenvalue weighted by molar-refractivity contribution is 7.93. The Kier molecular flexibility index (Phi) is 6.20. The lowest BCUT2D eigenvalue weighted by Gasteiger charge is -2.14. The van der Waals surface area contributed by atoms with Crippen molar-refractivity contribution in [3.05, 3.63) is 29.6 Å². The number of hydrogen-bond acceptors (Lipinski definition) is 5. The van der Waals surface area contributed by atoms with E-state index in [1.165, 1.54) is 4.72 Å². The van der Waals surface area contributed by atoms with Crippen molar-refractivity contribution in [3.63, 3.8) is 0 Å². The van der Waals surface area contributed by atoms with E-state index in [0.29, 0.717) is 12.1 Å². The van der Waals surface area contributed by atoms with Gasteiger partial charge in [0.2, 0.25) is 10.0 Å². The normalized spacial score (nSPS) is 12.6. The summed E-state index contributed by atoms with van der Waals surface area (Å²) in [7, 11) is -4.76. The molecule has 0 saturated carbocycles. The fourth-order valence-electron chi connectivity index (χ4n) is 1.64. The van der Waals surface area contributed by atoms with Crippen LogP contribution in [0, 0.1) is 5.82 Å². The highest BCUT2D eigenvalue weighted by Crippen LogP contribution is 2.35. The van der Waals surface area contributed by atoms with Gasteiger partial charge in [0.1, 0.15) is 5.82 Å². The average molecular weight is 398 g/mol. The minimum atomic E-state index is -5.09. The predicted octanol–water partition coefficient (Wildman–Crippen LogP) is 1.23. The van der Waals surface area contributed by atoms with Gasteiger partial charge in [0.25, 0.3) is 5.91 Å². The number of carboxylic acid groups (broad SMARTS) is 1. The van der Waals surface area contributed by atoms with Crippen molar-refractivity contribution in [1.29, 1.82) is 0 Å². The topological polar surface area (TPSA) is 130 Å². The fourth-order valence-corrected chi connectivity index (χ4v) is 2.62. The molecule has 26 heavy (non-hydrogen) atoms. The van der Waals surface area contributed by atoms with Gasteiger partial charge >= 0.3 is 12.1 Å². The molecular formula is C13H10F4N2O6S. The van der Waals surface area contributed by atoms with Gasteiger partial charge in [0, 0.05) is 6.92 Å². The second-order valence-corrected chi connectivity index (χ2v) is 6.49. The van der Waals surface area contributed by atoms with E-state index in [-0.39, 0.29) is 6.07 Å². The van der Waals surface area contributed by atoms with Crippen molar-refractivity contribution in [2.45, 2.75) is 13.1 Å². The third-order valence-electron chi connectivity index (χ3n) is 2.64. The number of halogens is 4. The predicted molar refractivity (Wildman–Crippen MR) is 79.6 cm³/mol. The molecule has 2 N–H and O–H groups in total. The Labute approximate surface area is 143 Å². The number of sulfonamides is 1. The number of hydrogen-bond donors (Lipinski definition) is 2. The average Bonchev–Trinajstić information content (AvgIpc) is 2.44. The molecule has 142 valence electrons. The van der Waals surface area contributed by atoms with Gasteiger partial charge in [-0.1, -0.05) is 0 Å². The number of benzene rings is 1. The van der Waals surface area contributed by atoms with E-state index >= 15 is 0 Å². The zero-order valence-electron chi connectivity index (χ0n) is 12.8. The highest BCUT2D eigenvalue weighted by Gasteiger charge is 2.35. The summed E-state index contributed by atoms with van der Waals surface area (Å²) in [5, 5.41) is 8.65. The maximum absolute atomic E-state index is 13.0. The van der Waals surface area contributed by atoms with E-state index < -0.39 is 62.4 Å². The smallest absolute Gasteiger partial charge is 0.418 e. The van der Waals surface area contributed by atoms with E-state index in [9.17, 15) is 40.4 Å². The lowest BCUT2D eigenvalue weighted by Crippen LogP contribution is -2.27. The molecule has 0 aliphatic rings. The molecule has 8 nitrogen and oxygen atoms in total. The molecule has 0 fully saturated rings. The van der Waals surface area contributed by atoms with Crippen LogP contribution >= 0.6 is 0 Å². The van der Waals surface area contributed by atoms with Crippen molar-refractivity contribution in [2.75, 3.05) is 10.5 Å². The monoisotopic (exact) mass is 398 g/mol. The summed E-state index contributed by atoms with van der Waals surface area (Å²) in [6, 6.07) is 1.11. The van der Waals surface area contributed by atoms with Crippen molar-refractivity contribution in [2.24, 2.45) is 4.99 Å². The molecule has 0 bridgehead atoms. The van der Waals surface area contributed by atoms with E-state index in [2.05, 4.69) is 4.99 Å². The highest BCUT2D eigenvalue weighted by atomic mass is 32.2. The second-order valence-electron chi connectivity index (χ2n) is 4.76. The van der Waals surface area contributed by atoms with Crippen molar-refractivity contribution < 1.29 is 45.5 Å². The van der Waals surface area contributed by atoms with Gasteiger partial charge in [-0.05, 0) is 18.2 Å². The summed E-state index contributed by atoms with van der Waals surface area (Å²) in [5.41, 5.74) is -3.91. The Morgan fingerprint density at radius 2 is 1.81 bits per heavy atom. The molecule has 0 radical (unpaired) electrons. The van der Waals surface area contributed by atoms with Crippen molar-refractivity contribution in [3.8, 4) is 0 Å². The number of aliphatic carboxylic acids is 1. The van der Waals surface area contributed by atoms with Gasteiger partial charge in [-0.25, -0.2) is 22.6 Å². The summed E-state index contributed by atoms with van der Waals surface area (Å²) >= 11 is 0. The first-order valence-electron chi connectivity index (χ1n) is 6.46. The van der Waals surface area contributed by atoms with Crippen LogP contribution < -0.4 is 4.72 Å². The molecule has 0 aromatic heterocycles. The van der Waals surface area contributed by atoms with Crippen LogP contribution in [0.4, 0.5) is 23.2 Å². The van der Waals surface area contributed by atoms with Crippen LogP contribution in [-0.4, -0.2) is 42.6 Å². The molecule has 1 aromatic carbocycles. The molecule has 1 amide bonds. The Balaban J connectivity index is 3.12. The Morgan fingerprint density at radius 1 is 1.23 bits per heavy atom. The van der Waals surface area contributed by atoms with Crippen molar-refractivity contribution in [1.82, 2.24) is 0 Å². The molecule has 13 heteroatoms. The van der Waals surface area contributed by atoms with E-state index in [4.69, 9.17) is 5.11 Å². The van der Waals surface area contributed by atoms with Crippen LogP contribution in [0.2, 0.25) is 0 Å². The van der Waals surface area contributed by atoms with Gasteiger partial charge < -0.3 is 5.11 Å². The standard InChI is InChI=1S/C13H10F4N2O6S/c1-6(20)11(12(22)23)18-10(21)5-26(24,25)19-9-3-2-7(14)4-8(9)13(15,16)17/h2-4,19H,5H2,1H3,(H,22,23). The van der Waals surface area contributed by atoms with Gasteiger partial charge in [-0.15, -0.1) is 0 Å². The number of Topliss-reactive ketones (excluding diaryl/α,β-unsaturated/α-hetero) is 1. The van der Waals surface area contributed by atoms with Gasteiger partial charge in [0.15, 0.2) is 17.2 Å². The molecule has 0 saturated heterocycles. The molecule has 0 spiro atoms. The first kappa shape index (κ1) is 21.2. The maximum atomic E-state index is 13.0. The third kappa shape index (κ3) is 5.91. The minimum absolute atomic E-state index is 0.0517. The number of carbonyl (C=O) groups is 3. The van der Waals surface area contributed by atoms with E-state index in [1.807, 2.05) is 0 Å². The van der Waals surface area contributed by atoms with Crippen LogP contribution in [-0.2, 0) is 30.6 Å². The zero-order valence-corrected chi connectivity index (χ0v) is 13.6. The zero-order chi connectivity index (χ0) is 20.3. The maximum Gasteiger partial charge on any atom is 0.418 e. The van der Waals surface area contributed by atoms with Gasteiger partial charge in [-0.3, -0.25) is 14.3 Å². The van der Waals surface area contributed by atoms with Crippen molar-refractivity contribution >= 4 is 39.1 Å². The van der Waals surface area contributed by atoms with Crippen LogP contribution in [0.1, 0.15) is 12.5 Å². The molecule has 0 aliphatic carbocycles. The Bertz CT molecular complexity index is 876. The number of amides is 1. The lowest BCUT2D eigenvalue weighted by molar-refractivity contribution is -0.137. The SMILES string of the molecule is CC(=O)C(=NC(=O)CS(=O)(=O)Nc1ccc(F)cc1C(F)(F)F)C(=O)O. The second kappa shape index (κ2) is 7.59. The quantitative estimate of drug-likeness (QED) is 0.421. The molecule has 1 aromatic rings. The third-order valence-corrected chi connectivity index (χ3v) is 3.80. The summed E-state index contributed by atoms with van der Waals surface area (Å²) in [6.07, 6.45) is -5.09. The molecule has 0 aliphatic heterocycles. The first-order valence-corrected chi connectivity index (χ1v) is 8.11. The number of nitrogens with zero attached hydrogens (tertiary/aromatic N) is 1. The van der Waals surface area contributed by atoms with Gasteiger partial charge in [-0.2, -0.15) is 13.2 Å². The number of carboxylic acids is 1. The fraction of sp³-hybridized carbons (Fsp3) is 0.231. The summed E-state index contributed by atoms with van der Waals surface area (Å²) in [5.74, 6) is -7.41. The Morgan fingerprint density at radius 3 is 2.27 bits per heavy atom. The van der Waals surface area contributed by atoms with Crippen LogP contribution in [0.3, 0.4) is 0 Å². The molecule has 1 rings (SSSR count). The number of anilines is 1. The number of alkyl halides is 3. The number of carbonyl (C=O) groups excluding carboxylic acids is 2. The molecular weight excluding hydrogens is 388 g/mol. The lowest BCUT2D eigenvalue weighted by atomic mass is 10.2. The summed E-state index contributed by atoms with van der Waals surface area (Å²) in [4.78, 5) is 36.0. The van der Waals surface area contributed by atoms with E-state index in [1.54, 1.807) is 0 Å².